The molecule has 0 N–H and O–H groups in total. The van der Waals surface area contributed by atoms with Crippen molar-refractivity contribution in [3.63, 3.8) is 0 Å². The molecule has 0 saturated heterocycles. The molecule has 0 nitrogen and oxygen atoms in total. The van der Waals surface area contributed by atoms with Crippen LogP contribution in [0.2, 0.25) is 0 Å². The van der Waals surface area contributed by atoms with Crippen LogP contribution >= 0.6 is 12.6 Å². The molecule has 0 spiro atoms. The quantitative estimate of drug-likeness (QED) is 0.495. The minimum absolute atomic E-state index is 0.143. The molecule has 0 aliphatic heterocycles. The topological polar surface area (TPSA) is 0 Å². The Hall–Kier alpha value is -0.640. The summed E-state index contributed by atoms with van der Waals surface area (Å²) in [4.78, 5) is 0. The van der Waals surface area contributed by atoms with Crippen LogP contribution in [0.3, 0.4) is 0 Å². The zero-order valence-electron chi connectivity index (χ0n) is 5.44. The van der Waals surface area contributed by atoms with Gasteiger partial charge in [-0.15, -0.1) is 0 Å². The SMILES string of the molecule is Fc1ccc(F)c(CS)c1F. The van der Waals surface area contributed by atoms with E-state index in [0.29, 0.717) is 0 Å². The van der Waals surface area contributed by atoms with Crippen molar-refractivity contribution in [2.75, 3.05) is 0 Å². The number of halogens is 3. The number of rotatable bonds is 1. The zero-order chi connectivity index (χ0) is 8.43. The lowest BCUT2D eigenvalue weighted by Crippen LogP contribution is -1.95. The molecule has 0 aliphatic rings. The van der Waals surface area contributed by atoms with Crippen LogP contribution in [0.25, 0.3) is 0 Å². The van der Waals surface area contributed by atoms with Gasteiger partial charge < -0.3 is 0 Å². The molecular formula is C7H5F3S. The summed E-state index contributed by atoms with van der Waals surface area (Å²) >= 11 is 3.65. The molecule has 60 valence electrons. The fraction of sp³-hybridized carbons (Fsp3) is 0.143. The lowest BCUT2D eigenvalue weighted by molar-refractivity contribution is 0.485. The molecule has 11 heavy (non-hydrogen) atoms. The Morgan fingerprint density at radius 2 is 1.64 bits per heavy atom. The van der Waals surface area contributed by atoms with Gasteiger partial charge >= 0.3 is 0 Å². The first-order valence-electron chi connectivity index (χ1n) is 2.90. The summed E-state index contributed by atoms with van der Waals surface area (Å²) < 4.78 is 37.5. The van der Waals surface area contributed by atoms with Crippen LogP contribution in [-0.2, 0) is 5.75 Å². The fourth-order valence-corrected chi connectivity index (χ4v) is 1.00. The molecule has 0 aliphatic carbocycles. The number of thiol groups is 1. The van der Waals surface area contributed by atoms with Crippen molar-refractivity contribution < 1.29 is 13.2 Å². The maximum absolute atomic E-state index is 12.6. The van der Waals surface area contributed by atoms with Crippen molar-refractivity contribution in [1.82, 2.24) is 0 Å². The van der Waals surface area contributed by atoms with Gasteiger partial charge in [0.2, 0.25) is 0 Å². The van der Waals surface area contributed by atoms with Crippen LogP contribution in [-0.4, -0.2) is 0 Å². The van der Waals surface area contributed by atoms with Gasteiger partial charge in [0, 0.05) is 11.3 Å². The van der Waals surface area contributed by atoms with E-state index in [0.717, 1.165) is 12.1 Å². The predicted octanol–water partition coefficient (Wildman–Crippen LogP) is 2.53. The highest BCUT2D eigenvalue weighted by Crippen LogP contribution is 2.16. The van der Waals surface area contributed by atoms with Crippen molar-refractivity contribution in [3.8, 4) is 0 Å². The Balaban J connectivity index is 3.29. The highest BCUT2D eigenvalue weighted by Gasteiger charge is 2.11. The van der Waals surface area contributed by atoms with Gasteiger partial charge in [0.15, 0.2) is 11.6 Å². The Morgan fingerprint density at radius 1 is 1.09 bits per heavy atom. The molecule has 0 radical (unpaired) electrons. The van der Waals surface area contributed by atoms with Gasteiger partial charge in [-0.2, -0.15) is 12.6 Å². The van der Waals surface area contributed by atoms with Gasteiger partial charge in [-0.1, -0.05) is 0 Å². The minimum atomic E-state index is -1.15. The molecule has 0 heterocycles. The molecule has 0 fully saturated rings. The summed E-state index contributed by atoms with van der Waals surface area (Å²) in [6, 6.07) is 1.63. The van der Waals surface area contributed by atoms with E-state index in [4.69, 9.17) is 0 Å². The maximum atomic E-state index is 12.6. The molecular weight excluding hydrogens is 173 g/mol. The second-order valence-corrected chi connectivity index (χ2v) is 2.30. The Labute approximate surface area is 67.4 Å². The number of hydrogen-bond acceptors (Lipinski definition) is 1. The standard InChI is InChI=1S/C7H5F3S/c8-5-1-2-6(9)7(10)4(5)3-11/h1-2,11H,3H2. The summed E-state index contributed by atoms with van der Waals surface area (Å²) in [5, 5.41) is 0. The first-order chi connectivity index (χ1) is 5.16. The minimum Gasteiger partial charge on any atom is -0.207 e. The van der Waals surface area contributed by atoms with Gasteiger partial charge in [-0.25, -0.2) is 13.2 Å². The molecule has 0 atom stereocenters. The van der Waals surface area contributed by atoms with E-state index in [2.05, 4.69) is 12.6 Å². The van der Waals surface area contributed by atoms with E-state index < -0.39 is 17.5 Å². The normalized spacial score (nSPS) is 10.2. The third-order valence-electron chi connectivity index (χ3n) is 1.30. The molecule has 1 aromatic carbocycles. The molecule has 0 bridgehead atoms. The first kappa shape index (κ1) is 8.46. The van der Waals surface area contributed by atoms with E-state index in [9.17, 15) is 13.2 Å². The van der Waals surface area contributed by atoms with E-state index in [-0.39, 0.29) is 11.3 Å². The average Bonchev–Trinajstić information content (AvgIpc) is 1.99. The van der Waals surface area contributed by atoms with Crippen molar-refractivity contribution in [1.29, 1.82) is 0 Å². The van der Waals surface area contributed by atoms with Gasteiger partial charge in [0.25, 0.3) is 0 Å². The molecule has 1 aromatic rings. The van der Waals surface area contributed by atoms with Crippen LogP contribution in [0.5, 0.6) is 0 Å². The third kappa shape index (κ3) is 1.50. The van der Waals surface area contributed by atoms with Crippen LogP contribution in [0, 0.1) is 17.5 Å². The fourth-order valence-electron chi connectivity index (χ4n) is 0.714. The monoisotopic (exact) mass is 178 g/mol. The Kier molecular flexibility index (Phi) is 2.44. The van der Waals surface area contributed by atoms with Gasteiger partial charge in [-0.3, -0.25) is 0 Å². The summed E-state index contributed by atoms with van der Waals surface area (Å²) in [7, 11) is 0. The summed E-state index contributed by atoms with van der Waals surface area (Å²) in [5.74, 6) is -3.11. The lowest BCUT2D eigenvalue weighted by Gasteiger charge is -2.00. The van der Waals surface area contributed by atoms with E-state index >= 15 is 0 Å². The zero-order valence-corrected chi connectivity index (χ0v) is 6.34. The molecule has 0 saturated carbocycles. The largest absolute Gasteiger partial charge is 0.207 e. The average molecular weight is 178 g/mol. The van der Waals surface area contributed by atoms with Crippen LogP contribution in [0.15, 0.2) is 12.1 Å². The summed E-state index contributed by atoms with van der Waals surface area (Å²) in [6.07, 6.45) is 0. The molecule has 0 unspecified atom stereocenters. The van der Waals surface area contributed by atoms with E-state index in [1.807, 2.05) is 0 Å². The van der Waals surface area contributed by atoms with Gasteiger partial charge in [0.05, 0.1) is 0 Å². The van der Waals surface area contributed by atoms with Crippen LogP contribution < -0.4 is 0 Å². The number of benzene rings is 1. The van der Waals surface area contributed by atoms with Gasteiger partial charge in [-0.05, 0) is 12.1 Å². The maximum Gasteiger partial charge on any atom is 0.165 e. The molecule has 0 aromatic heterocycles. The Morgan fingerprint density at radius 3 is 2.09 bits per heavy atom. The summed E-state index contributed by atoms with van der Waals surface area (Å²) in [5.41, 5.74) is -0.326. The lowest BCUT2D eigenvalue weighted by atomic mass is 10.2. The second kappa shape index (κ2) is 3.17. The van der Waals surface area contributed by atoms with Crippen molar-refractivity contribution in [2.45, 2.75) is 5.75 Å². The first-order valence-corrected chi connectivity index (χ1v) is 3.53. The third-order valence-corrected chi connectivity index (χ3v) is 1.61. The van der Waals surface area contributed by atoms with E-state index in [1.54, 1.807) is 0 Å². The molecule has 4 heteroatoms. The van der Waals surface area contributed by atoms with E-state index in [1.165, 1.54) is 0 Å². The Bertz CT molecular complexity index is 273. The van der Waals surface area contributed by atoms with Crippen molar-refractivity contribution >= 4 is 12.6 Å². The smallest absolute Gasteiger partial charge is 0.165 e. The number of hydrogen-bond donors (Lipinski definition) is 1. The molecule has 1 rings (SSSR count). The van der Waals surface area contributed by atoms with Gasteiger partial charge in [0.1, 0.15) is 5.82 Å². The van der Waals surface area contributed by atoms with Crippen LogP contribution in [0.4, 0.5) is 13.2 Å². The van der Waals surface area contributed by atoms with Crippen LogP contribution in [0.1, 0.15) is 5.56 Å². The predicted molar refractivity (Wildman–Crippen MR) is 39.0 cm³/mol. The van der Waals surface area contributed by atoms with Crippen molar-refractivity contribution in [2.24, 2.45) is 0 Å². The highest BCUT2D eigenvalue weighted by molar-refractivity contribution is 7.79. The van der Waals surface area contributed by atoms with Crippen molar-refractivity contribution in [3.05, 3.63) is 35.1 Å². The second-order valence-electron chi connectivity index (χ2n) is 1.98. The molecule has 0 amide bonds. The highest BCUT2D eigenvalue weighted by atomic mass is 32.1. The summed E-state index contributed by atoms with van der Waals surface area (Å²) in [6.45, 7) is 0.